The first-order valence-corrected chi connectivity index (χ1v) is 3.71. The topological polar surface area (TPSA) is 0 Å². The van der Waals surface area contributed by atoms with Gasteiger partial charge in [-0.3, -0.25) is 0 Å². The van der Waals surface area contributed by atoms with Gasteiger partial charge in [0.25, 0.3) is 0 Å². The molecule has 0 spiro atoms. The van der Waals surface area contributed by atoms with E-state index < -0.39 is 0 Å². The first-order valence-electron chi connectivity index (χ1n) is 3.71. The summed E-state index contributed by atoms with van der Waals surface area (Å²) >= 11 is 0. The Morgan fingerprint density at radius 3 is 2.40 bits per heavy atom. The summed E-state index contributed by atoms with van der Waals surface area (Å²) in [4.78, 5) is 0. The first-order chi connectivity index (χ1) is 4.70. The van der Waals surface area contributed by atoms with Gasteiger partial charge in [0.2, 0.25) is 0 Å². The molecule has 10 heavy (non-hydrogen) atoms. The Bertz CT molecular complexity index is 214. The maximum atomic E-state index is 2.28. The molecule has 0 amide bonds. The number of hydrogen-bond donors (Lipinski definition) is 0. The lowest BCUT2D eigenvalue weighted by Gasteiger charge is -1.95. The number of rotatable bonds is 0. The average Bonchev–Trinajstić information content (AvgIpc) is 2.04. The van der Waals surface area contributed by atoms with Crippen LogP contribution in [0.4, 0.5) is 0 Å². The Kier molecular flexibility index (Phi) is 2.10. The third-order valence-corrected chi connectivity index (χ3v) is 1.97. The van der Waals surface area contributed by atoms with E-state index in [2.05, 4.69) is 39.0 Å². The maximum absolute atomic E-state index is 2.28. The molecule has 0 heteroatoms. The minimum Gasteiger partial charge on any atom is -0.0773 e. The maximum Gasteiger partial charge on any atom is -0.0133 e. The molecule has 0 unspecified atom stereocenters. The zero-order valence-electron chi connectivity index (χ0n) is 6.94. The van der Waals surface area contributed by atoms with Gasteiger partial charge in [-0.2, -0.15) is 0 Å². The molecule has 0 bridgehead atoms. The third-order valence-electron chi connectivity index (χ3n) is 1.97. The summed E-state index contributed by atoms with van der Waals surface area (Å²) in [6, 6.07) is 0. The van der Waals surface area contributed by atoms with Gasteiger partial charge in [-0.15, -0.1) is 0 Å². The van der Waals surface area contributed by atoms with Gasteiger partial charge in [-0.1, -0.05) is 29.4 Å². The highest BCUT2D eigenvalue weighted by Gasteiger charge is 1.95. The zero-order valence-corrected chi connectivity index (χ0v) is 6.94. The summed E-state index contributed by atoms with van der Waals surface area (Å²) < 4.78 is 0. The summed E-state index contributed by atoms with van der Waals surface area (Å²) in [5.74, 6) is 0. The van der Waals surface area contributed by atoms with Crippen LogP contribution in [0, 0.1) is 0 Å². The van der Waals surface area contributed by atoms with Crippen molar-refractivity contribution in [1.82, 2.24) is 0 Å². The minimum absolute atomic E-state index is 1.11. The molecule has 0 heterocycles. The van der Waals surface area contributed by atoms with E-state index in [4.69, 9.17) is 0 Å². The lowest BCUT2D eigenvalue weighted by molar-refractivity contribution is 1.19. The second-order valence-electron chi connectivity index (χ2n) is 2.95. The van der Waals surface area contributed by atoms with Crippen molar-refractivity contribution in [2.45, 2.75) is 27.2 Å². The molecule has 0 saturated carbocycles. The standard InChI is InChI=1S/C10H14/c1-8-4-6-9(2)10(3)7-5-8/h4,6-7H,5H2,1-3H3. The second kappa shape index (κ2) is 2.87. The zero-order chi connectivity index (χ0) is 7.56. The Balaban J connectivity index is 2.90. The lowest BCUT2D eigenvalue weighted by Crippen LogP contribution is -1.75. The monoisotopic (exact) mass is 134 g/mol. The molecule has 0 aliphatic heterocycles. The van der Waals surface area contributed by atoms with Crippen LogP contribution in [0.2, 0.25) is 0 Å². The van der Waals surface area contributed by atoms with E-state index in [1.165, 1.54) is 16.7 Å². The van der Waals surface area contributed by atoms with E-state index in [0.717, 1.165) is 6.42 Å². The highest BCUT2D eigenvalue weighted by molar-refractivity contribution is 5.35. The van der Waals surface area contributed by atoms with Crippen LogP contribution in [0.5, 0.6) is 0 Å². The molecule has 1 aliphatic carbocycles. The first kappa shape index (κ1) is 7.33. The molecule has 0 N–H and O–H groups in total. The van der Waals surface area contributed by atoms with E-state index in [1.54, 1.807) is 0 Å². The van der Waals surface area contributed by atoms with Crippen LogP contribution in [-0.2, 0) is 0 Å². The SMILES string of the molecule is CC1=CC=C(C)C(C)=CC1. The fraction of sp³-hybridized carbons (Fsp3) is 0.400. The second-order valence-corrected chi connectivity index (χ2v) is 2.95. The molecule has 0 radical (unpaired) electrons. The van der Waals surface area contributed by atoms with Crippen LogP contribution in [0.1, 0.15) is 27.2 Å². The summed E-state index contributed by atoms with van der Waals surface area (Å²) in [6.45, 7) is 6.48. The highest BCUT2D eigenvalue weighted by Crippen LogP contribution is 2.16. The van der Waals surface area contributed by atoms with Crippen LogP contribution in [0.3, 0.4) is 0 Å². The van der Waals surface area contributed by atoms with Gasteiger partial charge in [0.05, 0.1) is 0 Å². The number of allylic oxidation sites excluding steroid dienone is 6. The van der Waals surface area contributed by atoms with E-state index in [0.29, 0.717) is 0 Å². The predicted octanol–water partition coefficient (Wildman–Crippen LogP) is 3.23. The van der Waals surface area contributed by atoms with Crippen LogP contribution < -0.4 is 0 Å². The highest BCUT2D eigenvalue weighted by atomic mass is 14.0. The molecule has 1 aliphatic rings. The Hall–Kier alpha value is -0.780. The van der Waals surface area contributed by atoms with E-state index in [1.807, 2.05) is 0 Å². The average molecular weight is 134 g/mol. The quantitative estimate of drug-likeness (QED) is 0.477. The molecule has 0 atom stereocenters. The molecular formula is C10H14. The van der Waals surface area contributed by atoms with Gasteiger partial charge in [0.15, 0.2) is 0 Å². The van der Waals surface area contributed by atoms with Crippen molar-refractivity contribution in [1.29, 1.82) is 0 Å². The van der Waals surface area contributed by atoms with Crippen molar-refractivity contribution in [2.24, 2.45) is 0 Å². The van der Waals surface area contributed by atoms with Crippen molar-refractivity contribution in [2.75, 3.05) is 0 Å². The molecule has 1 rings (SSSR count). The Labute approximate surface area is 62.9 Å². The molecular weight excluding hydrogens is 120 g/mol. The van der Waals surface area contributed by atoms with Gasteiger partial charge < -0.3 is 0 Å². The van der Waals surface area contributed by atoms with Crippen molar-refractivity contribution in [3.05, 3.63) is 34.9 Å². The normalized spacial score (nSPS) is 18.9. The molecule has 54 valence electrons. The smallest absolute Gasteiger partial charge is 0.0133 e. The van der Waals surface area contributed by atoms with E-state index >= 15 is 0 Å². The fourth-order valence-electron chi connectivity index (χ4n) is 0.942. The summed E-state index contributed by atoms with van der Waals surface area (Å²) in [5, 5.41) is 0. The molecule has 0 saturated heterocycles. The predicted molar refractivity (Wildman–Crippen MR) is 45.9 cm³/mol. The van der Waals surface area contributed by atoms with E-state index in [9.17, 15) is 0 Å². The lowest BCUT2D eigenvalue weighted by atomic mass is 10.1. The van der Waals surface area contributed by atoms with Gasteiger partial charge in [-0.25, -0.2) is 0 Å². The molecule has 0 aromatic rings. The Morgan fingerprint density at radius 1 is 1.00 bits per heavy atom. The van der Waals surface area contributed by atoms with Crippen LogP contribution in [0.25, 0.3) is 0 Å². The fourth-order valence-corrected chi connectivity index (χ4v) is 0.942. The third kappa shape index (κ3) is 1.60. The number of hydrogen-bond acceptors (Lipinski definition) is 0. The van der Waals surface area contributed by atoms with Crippen molar-refractivity contribution >= 4 is 0 Å². The largest absolute Gasteiger partial charge is 0.0773 e. The molecule has 0 aromatic carbocycles. The van der Waals surface area contributed by atoms with Gasteiger partial charge in [-0.05, 0) is 32.8 Å². The van der Waals surface area contributed by atoms with E-state index in [-0.39, 0.29) is 0 Å². The van der Waals surface area contributed by atoms with Crippen LogP contribution in [-0.4, -0.2) is 0 Å². The van der Waals surface area contributed by atoms with Crippen LogP contribution >= 0.6 is 0 Å². The van der Waals surface area contributed by atoms with Gasteiger partial charge >= 0.3 is 0 Å². The molecule has 0 fully saturated rings. The minimum atomic E-state index is 1.11. The molecule has 0 aromatic heterocycles. The van der Waals surface area contributed by atoms with Gasteiger partial charge in [0.1, 0.15) is 0 Å². The summed E-state index contributed by atoms with van der Waals surface area (Å²) in [5.41, 5.74) is 4.24. The molecule has 0 nitrogen and oxygen atoms in total. The summed E-state index contributed by atoms with van der Waals surface area (Å²) in [6.07, 6.45) is 7.78. The van der Waals surface area contributed by atoms with Crippen molar-refractivity contribution < 1.29 is 0 Å². The Morgan fingerprint density at radius 2 is 1.70 bits per heavy atom. The van der Waals surface area contributed by atoms with Crippen molar-refractivity contribution in [3.8, 4) is 0 Å². The van der Waals surface area contributed by atoms with Crippen LogP contribution in [0.15, 0.2) is 34.9 Å². The van der Waals surface area contributed by atoms with Gasteiger partial charge in [0, 0.05) is 0 Å². The van der Waals surface area contributed by atoms with Crippen molar-refractivity contribution in [3.63, 3.8) is 0 Å². The summed E-state index contributed by atoms with van der Waals surface area (Å²) in [7, 11) is 0.